The van der Waals surface area contributed by atoms with Crippen molar-refractivity contribution >= 4 is 23.2 Å². The Balaban J connectivity index is 1.25. The summed E-state index contributed by atoms with van der Waals surface area (Å²) in [6, 6.07) is 24.4. The molecular weight excluding hydrogens is 380 g/mol. The summed E-state index contributed by atoms with van der Waals surface area (Å²) in [6.07, 6.45) is 2.93. The zero-order chi connectivity index (χ0) is 20.1. The summed E-state index contributed by atoms with van der Waals surface area (Å²) < 4.78 is 0. The quantitative estimate of drug-likeness (QED) is 0.544. The third-order valence-electron chi connectivity index (χ3n) is 5.41. The van der Waals surface area contributed by atoms with Crippen molar-refractivity contribution in [2.45, 2.75) is 25.8 Å². The topological polar surface area (TPSA) is 32.3 Å². The minimum atomic E-state index is -0.0147. The number of carbonyl (C=O) groups is 1. The first-order chi connectivity index (χ1) is 14.2. The Hall–Kier alpha value is -2.78. The van der Waals surface area contributed by atoms with Crippen molar-refractivity contribution in [2.24, 2.45) is 0 Å². The van der Waals surface area contributed by atoms with Gasteiger partial charge in [-0.2, -0.15) is 0 Å². The minimum absolute atomic E-state index is 0.0147. The number of benzene rings is 3. The highest BCUT2D eigenvalue weighted by molar-refractivity contribution is 6.30. The van der Waals surface area contributed by atoms with E-state index in [0.717, 1.165) is 37.4 Å². The van der Waals surface area contributed by atoms with Gasteiger partial charge in [-0.15, -0.1) is 0 Å². The zero-order valence-electron chi connectivity index (χ0n) is 16.4. The molecule has 0 saturated heterocycles. The lowest BCUT2D eigenvalue weighted by Gasteiger charge is -2.19. The number of anilines is 1. The van der Waals surface area contributed by atoms with Gasteiger partial charge in [0.25, 0.3) is 5.91 Å². The van der Waals surface area contributed by atoms with Crippen LogP contribution in [0, 0.1) is 0 Å². The van der Waals surface area contributed by atoms with E-state index in [9.17, 15) is 4.79 Å². The molecule has 0 atom stereocenters. The van der Waals surface area contributed by atoms with Crippen molar-refractivity contribution in [1.82, 2.24) is 5.32 Å². The molecule has 0 fully saturated rings. The molecule has 29 heavy (non-hydrogen) atoms. The molecule has 3 aromatic rings. The third-order valence-corrected chi connectivity index (χ3v) is 5.67. The van der Waals surface area contributed by atoms with E-state index in [2.05, 4.69) is 46.6 Å². The summed E-state index contributed by atoms with van der Waals surface area (Å²) >= 11 is 5.90. The van der Waals surface area contributed by atoms with Crippen molar-refractivity contribution in [2.75, 3.05) is 18.0 Å². The summed E-state index contributed by atoms with van der Waals surface area (Å²) in [5.41, 5.74) is 5.91. The smallest absolute Gasteiger partial charge is 0.251 e. The second-order valence-corrected chi connectivity index (χ2v) is 7.92. The average molecular weight is 405 g/mol. The molecule has 1 N–H and O–H groups in total. The fourth-order valence-electron chi connectivity index (χ4n) is 3.80. The molecule has 0 aromatic heterocycles. The number of nitrogens with one attached hydrogen (secondary N) is 1. The Morgan fingerprint density at radius 3 is 2.45 bits per heavy atom. The third kappa shape index (κ3) is 4.99. The van der Waals surface area contributed by atoms with Crippen LogP contribution in [0.1, 0.15) is 33.5 Å². The number of aryl methyl sites for hydroxylation is 1. The summed E-state index contributed by atoms with van der Waals surface area (Å²) in [5, 5.41) is 3.76. The first kappa shape index (κ1) is 19.5. The summed E-state index contributed by atoms with van der Waals surface area (Å²) in [5.74, 6) is -0.0147. The van der Waals surface area contributed by atoms with Crippen molar-refractivity contribution < 1.29 is 4.79 Å². The zero-order valence-corrected chi connectivity index (χ0v) is 17.2. The van der Waals surface area contributed by atoms with E-state index < -0.39 is 0 Å². The second kappa shape index (κ2) is 9.15. The Labute approximate surface area is 177 Å². The van der Waals surface area contributed by atoms with Gasteiger partial charge >= 0.3 is 0 Å². The molecule has 0 spiro atoms. The van der Waals surface area contributed by atoms with Crippen molar-refractivity contribution in [3.63, 3.8) is 0 Å². The van der Waals surface area contributed by atoms with Gasteiger partial charge in [0.2, 0.25) is 0 Å². The molecule has 148 valence electrons. The first-order valence-electron chi connectivity index (χ1n) is 10.1. The van der Waals surface area contributed by atoms with Gasteiger partial charge in [0, 0.05) is 35.9 Å². The molecule has 1 heterocycles. The number of nitrogens with zero attached hydrogens (tertiary/aromatic N) is 1. The number of amides is 1. The van der Waals surface area contributed by atoms with Gasteiger partial charge in [0.15, 0.2) is 0 Å². The maximum absolute atomic E-state index is 12.4. The highest BCUT2D eigenvalue weighted by Crippen LogP contribution is 2.28. The molecule has 0 unspecified atom stereocenters. The number of fused-ring (bicyclic) bond motifs is 1. The highest BCUT2D eigenvalue weighted by atomic mass is 35.5. The maximum Gasteiger partial charge on any atom is 0.251 e. The van der Waals surface area contributed by atoms with Crippen LogP contribution in [0.25, 0.3) is 0 Å². The van der Waals surface area contributed by atoms with Gasteiger partial charge in [-0.3, -0.25) is 4.79 Å². The molecule has 0 aliphatic carbocycles. The van der Waals surface area contributed by atoms with Crippen LogP contribution in [-0.2, 0) is 19.4 Å². The number of hydrogen-bond acceptors (Lipinski definition) is 2. The fraction of sp³-hybridized carbons (Fsp3) is 0.240. The number of hydrogen-bond donors (Lipinski definition) is 1. The van der Waals surface area contributed by atoms with Crippen LogP contribution >= 0.6 is 11.6 Å². The molecule has 0 radical (unpaired) electrons. The molecule has 0 saturated carbocycles. The number of rotatable bonds is 7. The number of halogens is 1. The average Bonchev–Trinajstić information content (AvgIpc) is 3.16. The molecule has 1 amide bonds. The number of carbonyl (C=O) groups excluding carboxylic acids is 1. The first-order valence-corrected chi connectivity index (χ1v) is 10.5. The lowest BCUT2D eigenvalue weighted by Crippen LogP contribution is -2.25. The Morgan fingerprint density at radius 1 is 0.931 bits per heavy atom. The Morgan fingerprint density at radius 2 is 1.66 bits per heavy atom. The molecule has 3 aromatic carbocycles. The molecule has 1 aliphatic heterocycles. The normalized spacial score (nSPS) is 12.7. The second-order valence-electron chi connectivity index (χ2n) is 7.48. The van der Waals surface area contributed by atoms with Crippen LogP contribution in [0.2, 0.25) is 5.02 Å². The van der Waals surface area contributed by atoms with Gasteiger partial charge in [0.1, 0.15) is 0 Å². The summed E-state index contributed by atoms with van der Waals surface area (Å²) in [4.78, 5) is 14.8. The predicted octanol–water partition coefficient (Wildman–Crippen LogP) is 5.27. The van der Waals surface area contributed by atoms with Gasteiger partial charge in [-0.25, -0.2) is 0 Å². The largest absolute Gasteiger partial charge is 0.367 e. The Kier molecular flexibility index (Phi) is 6.16. The summed E-state index contributed by atoms with van der Waals surface area (Å²) in [6.45, 7) is 2.59. The molecule has 4 rings (SSSR count). The lowest BCUT2D eigenvalue weighted by atomic mass is 10.1. The lowest BCUT2D eigenvalue weighted by molar-refractivity contribution is 0.0953. The van der Waals surface area contributed by atoms with Gasteiger partial charge in [-0.1, -0.05) is 54.1 Å². The van der Waals surface area contributed by atoms with Crippen molar-refractivity contribution in [3.05, 3.63) is 100 Å². The number of para-hydroxylation sites is 1. The van der Waals surface area contributed by atoms with Crippen molar-refractivity contribution in [1.29, 1.82) is 0 Å². The minimum Gasteiger partial charge on any atom is -0.367 e. The van der Waals surface area contributed by atoms with E-state index in [-0.39, 0.29) is 5.91 Å². The van der Waals surface area contributed by atoms with E-state index in [1.807, 2.05) is 36.4 Å². The maximum atomic E-state index is 12.4. The van der Waals surface area contributed by atoms with E-state index >= 15 is 0 Å². The van der Waals surface area contributed by atoms with Gasteiger partial charge < -0.3 is 10.2 Å². The summed E-state index contributed by atoms with van der Waals surface area (Å²) in [7, 11) is 0. The van der Waals surface area contributed by atoms with Crippen LogP contribution in [0.4, 0.5) is 5.69 Å². The highest BCUT2D eigenvalue weighted by Gasteiger charge is 2.18. The molecule has 0 bridgehead atoms. The van der Waals surface area contributed by atoms with Crippen molar-refractivity contribution in [3.8, 4) is 0 Å². The standard InChI is InChI=1S/C25H25ClN2O/c26-23-13-9-19(10-14-23)4-3-16-27-25(29)22-11-7-20(8-12-22)18-28-17-15-21-5-1-2-6-24(21)28/h1-2,5-14H,3-4,15-18H2,(H,27,29). The Bertz CT molecular complexity index is 967. The van der Waals surface area contributed by atoms with Crippen LogP contribution in [0.15, 0.2) is 72.8 Å². The fourth-order valence-corrected chi connectivity index (χ4v) is 3.93. The van der Waals surface area contributed by atoms with Crippen LogP contribution in [0.3, 0.4) is 0 Å². The predicted molar refractivity (Wildman–Crippen MR) is 120 cm³/mol. The molecule has 4 heteroatoms. The van der Waals surface area contributed by atoms with Gasteiger partial charge in [0.05, 0.1) is 0 Å². The van der Waals surface area contributed by atoms with E-state index in [0.29, 0.717) is 12.1 Å². The monoisotopic (exact) mass is 404 g/mol. The SMILES string of the molecule is O=C(NCCCc1ccc(Cl)cc1)c1ccc(CN2CCc3ccccc32)cc1. The van der Waals surface area contributed by atoms with Gasteiger partial charge in [-0.05, 0) is 66.3 Å². The van der Waals surface area contributed by atoms with Crippen LogP contribution in [0.5, 0.6) is 0 Å². The molecular formula is C25H25ClN2O. The van der Waals surface area contributed by atoms with E-state index in [1.165, 1.54) is 22.4 Å². The van der Waals surface area contributed by atoms with E-state index in [1.54, 1.807) is 0 Å². The molecule has 1 aliphatic rings. The van der Waals surface area contributed by atoms with Crippen LogP contribution < -0.4 is 10.2 Å². The molecule has 3 nitrogen and oxygen atoms in total. The van der Waals surface area contributed by atoms with E-state index in [4.69, 9.17) is 11.6 Å². The van der Waals surface area contributed by atoms with Crippen LogP contribution in [-0.4, -0.2) is 19.0 Å².